The SMILES string of the molecule is O=C1C[C@@H]2[C@H](C/C1=C\c1ccccc1)[C@H](c1ccccc1)C=C1c3ccccc3S(=O)(=O)N12. The lowest BCUT2D eigenvalue weighted by molar-refractivity contribution is -0.118. The largest absolute Gasteiger partial charge is 0.294 e. The second-order valence-corrected chi connectivity index (χ2v) is 10.7. The third kappa shape index (κ3) is 3.18. The van der Waals surface area contributed by atoms with Crippen LogP contribution in [0.4, 0.5) is 0 Å². The van der Waals surface area contributed by atoms with Crippen molar-refractivity contribution in [2.45, 2.75) is 29.7 Å². The molecule has 2 heterocycles. The van der Waals surface area contributed by atoms with E-state index in [1.807, 2.05) is 66.7 Å². The van der Waals surface area contributed by atoms with Gasteiger partial charge in [-0.25, -0.2) is 8.42 Å². The van der Waals surface area contributed by atoms with Crippen molar-refractivity contribution < 1.29 is 13.2 Å². The minimum atomic E-state index is -3.69. The van der Waals surface area contributed by atoms with Gasteiger partial charge in [0.1, 0.15) is 0 Å². The molecule has 1 fully saturated rings. The van der Waals surface area contributed by atoms with Gasteiger partial charge in [0.05, 0.1) is 16.6 Å². The molecule has 33 heavy (non-hydrogen) atoms. The zero-order valence-electron chi connectivity index (χ0n) is 18.0. The molecular weight excluding hydrogens is 430 g/mol. The molecule has 0 N–H and O–H groups in total. The van der Waals surface area contributed by atoms with Crippen LogP contribution in [0.5, 0.6) is 0 Å². The number of hydrogen-bond donors (Lipinski definition) is 0. The van der Waals surface area contributed by atoms with Crippen LogP contribution in [0.25, 0.3) is 11.8 Å². The van der Waals surface area contributed by atoms with E-state index in [1.54, 1.807) is 16.4 Å². The van der Waals surface area contributed by atoms with Crippen LogP contribution in [-0.4, -0.2) is 24.5 Å². The molecule has 3 aromatic rings. The summed E-state index contributed by atoms with van der Waals surface area (Å²) < 4.78 is 28.7. The van der Waals surface area contributed by atoms with Gasteiger partial charge in [-0.3, -0.25) is 9.10 Å². The lowest BCUT2D eigenvalue weighted by Gasteiger charge is -2.45. The first kappa shape index (κ1) is 20.2. The summed E-state index contributed by atoms with van der Waals surface area (Å²) in [7, 11) is -3.69. The van der Waals surface area contributed by atoms with Crippen LogP contribution in [0.15, 0.2) is 101 Å². The third-order valence-corrected chi connectivity index (χ3v) is 8.96. The highest BCUT2D eigenvalue weighted by Crippen LogP contribution is 2.53. The Labute approximate surface area is 193 Å². The highest BCUT2D eigenvalue weighted by molar-refractivity contribution is 7.90. The first-order chi connectivity index (χ1) is 16.0. The van der Waals surface area contributed by atoms with Crippen LogP contribution in [0.2, 0.25) is 0 Å². The fourth-order valence-electron chi connectivity index (χ4n) is 5.58. The highest BCUT2D eigenvalue weighted by atomic mass is 32.2. The van der Waals surface area contributed by atoms with Crippen molar-refractivity contribution in [3.63, 3.8) is 0 Å². The second kappa shape index (κ2) is 7.56. The number of allylic oxidation sites excluding steroid dienone is 2. The summed E-state index contributed by atoms with van der Waals surface area (Å²) in [5.41, 5.74) is 4.35. The van der Waals surface area contributed by atoms with Crippen LogP contribution in [0, 0.1) is 5.92 Å². The van der Waals surface area contributed by atoms with E-state index in [4.69, 9.17) is 0 Å². The third-order valence-electron chi connectivity index (χ3n) is 7.06. The van der Waals surface area contributed by atoms with E-state index < -0.39 is 16.1 Å². The first-order valence-corrected chi connectivity index (χ1v) is 12.7. The van der Waals surface area contributed by atoms with Crippen molar-refractivity contribution in [1.29, 1.82) is 0 Å². The number of benzene rings is 3. The summed E-state index contributed by atoms with van der Waals surface area (Å²) in [6.45, 7) is 0. The number of nitrogens with zero attached hydrogens (tertiary/aromatic N) is 1. The van der Waals surface area contributed by atoms with Gasteiger partial charge < -0.3 is 0 Å². The molecule has 0 amide bonds. The number of fused-ring (bicyclic) bond motifs is 5. The summed E-state index contributed by atoms with van der Waals surface area (Å²) in [6, 6.07) is 26.8. The Bertz CT molecular complexity index is 1410. The Balaban J connectivity index is 1.51. The lowest BCUT2D eigenvalue weighted by Crippen LogP contribution is -2.49. The summed E-state index contributed by atoms with van der Waals surface area (Å²) >= 11 is 0. The van der Waals surface area contributed by atoms with Gasteiger partial charge in [0.2, 0.25) is 0 Å². The first-order valence-electron chi connectivity index (χ1n) is 11.2. The van der Waals surface area contributed by atoms with Crippen molar-refractivity contribution in [2.24, 2.45) is 5.92 Å². The van der Waals surface area contributed by atoms with E-state index in [1.165, 1.54) is 0 Å². The molecular formula is C28H23NO3S. The molecule has 2 aliphatic heterocycles. The quantitative estimate of drug-likeness (QED) is 0.498. The van der Waals surface area contributed by atoms with Crippen LogP contribution in [0.3, 0.4) is 0 Å². The molecule has 0 spiro atoms. The van der Waals surface area contributed by atoms with Crippen LogP contribution in [0.1, 0.15) is 35.4 Å². The molecule has 6 rings (SSSR count). The smallest absolute Gasteiger partial charge is 0.265 e. The predicted molar refractivity (Wildman–Crippen MR) is 129 cm³/mol. The van der Waals surface area contributed by atoms with Gasteiger partial charge in [0, 0.05) is 17.9 Å². The average Bonchev–Trinajstić information content (AvgIpc) is 3.07. The molecule has 3 aliphatic rings. The summed E-state index contributed by atoms with van der Waals surface area (Å²) in [4.78, 5) is 13.6. The highest BCUT2D eigenvalue weighted by Gasteiger charge is 2.52. The Morgan fingerprint density at radius 3 is 2.24 bits per heavy atom. The number of rotatable bonds is 2. The van der Waals surface area contributed by atoms with Crippen molar-refractivity contribution in [1.82, 2.24) is 4.31 Å². The fraction of sp³-hybridized carbons (Fsp3) is 0.179. The molecule has 0 unspecified atom stereocenters. The van der Waals surface area contributed by atoms with E-state index in [9.17, 15) is 13.2 Å². The maximum atomic E-state index is 13.6. The Hall–Kier alpha value is -3.44. The standard InChI is InChI=1S/C28H23NO3S/c30-27-18-26-24(16-21(27)15-19-9-3-1-4-10-19)23(20-11-5-2-6-12-20)17-25-22-13-7-8-14-28(22)33(31,32)29(25)26/h1-15,17,23-24,26H,16,18H2/b21-15+/t23-,24+,26+/m0/s1. The van der Waals surface area contributed by atoms with Crippen molar-refractivity contribution >= 4 is 27.6 Å². The van der Waals surface area contributed by atoms with Gasteiger partial charge in [0.15, 0.2) is 5.78 Å². The number of Topliss-reactive ketones (excluding diaryl/α,β-unsaturated/α-hetero) is 1. The monoisotopic (exact) mass is 453 g/mol. The van der Waals surface area contributed by atoms with E-state index in [2.05, 4.69) is 18.2 Å². The Morgan fingerprint density at radius 2 is 1.48 bits per heavy atom. The number of carbonyl (C=O) groups is 1. The maximum Gasteiger partial charge on any atom is 0.265 e. The van der Waals surface area contributed by atoms with Crippen LogP contribution >= 0.6 is 0 Å². The van der Waals surface area contributed by atoms with E-state index in [0.717, 1.165) is 22.3 Å². The minimum Gasteiger partial charge on any atom is -0.294 e. The van der Waals surface area contributed by atoms with E-state index in [-0.39, 0.29) is 24.0 Å². The molecule has 0 aromatic heterocycles. The molecule has 0 radical (unpaired) electrons. The van der Waals surface area contributed by atoms with E-state index in [0.29, 0.717) is 17.0 Å². The van der Waals surface area contributed by atoms with Crippen molar-refractivity contribution in [3.8, 4) is 0 Å². The summed E-state index contributed by atoms with van der Waals surface area (Å²) in [6.07, 6.45) is 4.81. The zero-order chi connectivity index (χ0) is 22.6. The van der Waals surface area contributed by atoms with Crippen molar-refractivity contribution in [3.05, 3.63) is 113 Å². The summed E-state index contributed by atoms with van der Waals surface area (Å²) in [5, 5.41) is 0. The Kier molecular flexibility index (Phi) is 4.63. The van der Waals surface area contributed by atoms with Crippen LogP contribution in [-0.2, 0) is 14.8 Å². The topological polar surface area (TPSA) is 54.5 Å². The number of ketones is 1. The average molecular weight is 454 g/mol. The number of sulfonamides is 1. The lowest BCUT2D eigenvalue weighted by atomic mass is 9.69. The molecule has 0 saturated heterocycles. The predicted octanol–water partition coefficient (Wildman–Crippen LogP) is 5.26. The molecule has 164 valence electrons. The molecule has 3 atom stereocenters. The molecule has 3 aromatic carbocycles. The van der Waals surface area contributed by atoms with Gasteiger partial charge in [-0.2, -0.15) is 0 Å². The zero-order valence-corrected chi connectivity index (χ0v) is 18.8. The normalized spacial score (nSPS) is 26.4. The molecule has 4 nitrogen and oxygen atoms in total. The van der Waals surface area contributed by atoms with Crippen molar-refractivity contribution in [2.75, 3.05) is 0 Å². The molecule has 1 aliphatic carbocycles. The van der Waals surface area contributed by atoms with Gasteiger partial charge in [-0.05, 0) is 41.2 Å². The van der Waals surface area contributed by atoms with Gasteiger partial charge >= 0.3 is 0 Å². The maximum absolute atomic E-state index is 13.6. The fourth-order valence-corrected chi connectivity index (χ4v) is 7.50. The summed E-state index contributed by atoms with van der Waals surface area (Å²) in [5.74, 6) is 0.0308. The molecule has 1 saturated carbocycles. The minimum absolute atomic E-state index is 0.0205. The molecule has 0 bridgehead atoms. The number of hydrogen-bond acceptors (Lipinski definition) is 3. The van der Waals surface area contributed by atoms with E-state index >= 15 is 0 Å². The van der Waals surface area contributed by atoms with Gasteiger partial charge in [-0.1, -0.05) is 84.9 Å². The molecule has 5 heteroatoms. The van der Waals surface area contributed by atoms with Gasteiger partial charge in [-0.15, -0.1) is 0 Å². The number of carbonyl (C=O) groups excluding carboxylic acids is 1. The Morgan fingerprint density at radius 1 is 0.818 bits per heavy atom. The van der Waals surface area contributed by atoms with Crippen LogP contribution < -0.4 is 0 Å². The second-order valence-electron chi connectivity index (χ2n) is 8.93. The van der Waals surface area contributed by atoms with Gasteiger partial charge in [0.25, 0.3) is 10.0 Å².